The molecule has 2 unspecified atom stereocenters. The molecule has 2 aliphatic rings. The second-order valence-corrected chi connectivity index (χ2v) is 8.91. The van der Waals surface area contributed by atoms with Crippen LogP contribution in [0.15, 0.2) is 48.5 Å². The van der Waals surface area contributed by atoms with Crippen molar-refractivity contribution in [3.05, 3.63) is 59.7 Å². The fourth-order valence-corrected chi connectivity index (χ4v) is 5.01. The van der Waals surface area contributed by atoms with E-state index in [4.69, 9.17) is 4.74 Å². The second-order valence-electron chi connectivity index (χ2n) is 8.91. The summed E-state index contributed by atoms with van der Waals surface area (Å²) in [6.45, 7) is 8.94. The van der Waals surface area contributed by atoms with Crippen LogP contribution in [0, 0.1) is 17.2 Å². The molecule has 0 aliphatic carbocycles. The molecule has 31 heavy (non-hydrogen) atoms. The van der Waals surface area contributed by atoms with Crippen molar-refractivity contribution in [3.63, 3.8) is 0 Å². The maximum Gasteiger partial charge on any atom is 0.254 e. The number of ether oxygens (including phenoxy) is 1. The molecule has 2 aromatic rings. The van der Waals surface area contributed by atoms with Crippen LogP contribution in [0.2, 0.25) is 0 Å². The lowest BCUT2D eigenvalue weighted by Crippen LogP contribution is -2.48. The van der Waals surface area contributed by atoms with Gasteiger partial charge in [-0.15, -0.1) is 0 Å². The smallest absolute Gasteiger partial charge is 0.254 e. The number of nitrogens with zero attached hydrogens (tertiary/aromatic N) is 3. The number of hydrogen-bond donors (Lipinski definition) is 0. The molecule has 5 nitrogen and oxygen atoms in total. The van der Waals surface area contributed by atoms with E-state index in [1.165, 1.54) is 0 Å². The Morgan fingerprint density at radius 3 is 2.29 bits per heavy atom. The summed E-state index contributed by atoms with van der Waals surface area (Å²) in [6, 6.07) is 17.4. The van der Waals surface area contributed by atoms with Gasteiger partial charge in [0.2, 0.25) is 0 Å². The van der Waals surface area contributed by atoms with Crippen LogP contribution in [0.3, 0.4) is 0 Å². The third-order valence-electron chi connectivity index (χ3n) is 6.41. The zero-order valence-corrected chi connectivity index (χ0v) is 18.5. The molecule has 0 N–H and O–H groups in total. The van der Waals surface area contributed by atoms with Crippen LogP contribution in [-0.4, -0.2) is 60.6 Å². The molecule has 0 spiro atoms. The lowest BCUT2D eigenvalue weighted by Gasteiger charge is -2.39. The van der Waals surface area contributed by atoms with Crippen LogP contribution < -0.4 is 0 Å². The lowest BCUT2D eigenvalue weighted by molar-refractivity contribution is -0.0728. The summed E-state index contributed by atoms with van der Waals surface area (Å²) < 4.78 is 5.85. The summed E-state index contributed by atoms with van der Waals surface area (Å²) in [5.74, 6) is 0.687. The number of benzene rings is 2. The Kier molecular flexibility index (Phi) is 6.70. The van der Waals surface area contributed by atoms with Gasteiger partial charge in [-0.25, -0.2) is 0 Å². The van der Waals surface area contributed by atoms with Gasteiger partial charge in [0.1, 0.15) is 0 Å². The number of nitriles is 1. The molecule has 1 amide bonds. The Labute approximate surface area is 185 Å². The van der Waals surface area contributed by atoms with Crippen LogP contribution in [0.1, 0.15) is 42.6 Å². The summed E-state index contributed by atoms with van der Waals surface area (Å²) in [7, 11) is 0. The van der Waals surface area contributed by atoms with Crippen molar-refractivity contribution >= 4 is 5.91 Å². The monoisotopic (exact) mass is 417 g/mol. The van der Waals surface area contributed by atoms with E-state index >= 15 is 0 Å². The first-order valence-corrected chi connectivity index (χ1v) is 11.3. The number of amides is 1. The highest BCUT2D eigenvalue weighted by atomic mass is 16.5. The van der Waals surface area contributed by atoms with Gasteiger partial charge in [0.15, 0.2) is 0 Å². The average Bonchev–Trinajstić information content (AvgIpc) is 2.78. The molecule has 0 saturated carbocycles. The van der Waals surface area contributed by atoms with Gasteiger partial charge in [0, 0.05) is 43.9 Å². The van der Waals surface area contributed by atoms with Crippen molar-refractivity contribution < 1.29 is 9.53 Å². The van der Waals surface area contributed by atoms with Crippen molar-refractivity contribution in [1.82, 2.24) is 9.80 Å². The third kappa shape index (κ3) is 4.98. The maximum atomic E-state index is 13.4. The highest BCUT2D eigenvalue weighted by molar-refractivity contribution is 6.01. The molecule has 162 valence electrons. The van der Waals surface area contributed by atoms with Crippen LogP contribution in [-0.2, 0) is 4.74 Å². The number of hydrogen-bond acceptors (Lipinski definition) is 4. The normalized spacial score (nSPS) is 22.8. The second kappa shape index (κ2) is 9.64. The first-order valence-electron chi connectivity index (χ1n) is 11.3. The van der Waals surface area contributed by atoms with E-state index in [0.29, 0.717) is 29.3 Å². The summed E-state index contributed by atoms with van der Waals surface area (Å²) in [6.07, 6.45) is 2.64. The van der Waals surface area contributed by atoms with Crippen molar-refractivity contribution in [2.45, 2.75) is 38.9 Å². The standard InChI is InChI=1S/C26H31N3O2/c1-19-16-28(17-20(2)31-19)18-21-11-13-29(14-12-21)26(30)25-10-6-5-9-24(25)23-8-4-3-7-22(23)15-27/h3-10,19-21H,11-14,16-18H2,1-2H3. The zero-order chi connectivity index (χ0) is 21.8. The van der Waals surface area contributed by atoms with Crippen LogP contribution >= 0.6 is 0 Å². The van der Waals surface area contributed by atoms with E-state index in [2.05, 4.69) is 24.8 Å². The molecule has 2 fully saturated rings. The van der Waals surface area contributed by atoms with Gasteiger partial charge < -0.3 is 9.64 Å². The first-order chi connectivity index (χ1) is 15.0. The number of piperidine rings is 1. The highest BCUT2D eigenvalue weighted by Gasteiger charge is 2.29. The minimum atomic E-state index is 0.0652. The lowest BCUT2D eigenvalue weighted by atomic mass is 9.93. The predicted molar refractivity (Wildman–Crippen MR) is 122 cm³/mol. The molecule has 2 atom stereocenters. The molecule has 0 radical (unpaired) electrons. The average molecular weight is 418 g/mol. The minimum Gasteiger partial charge on any atom is -0.373 e. The molecule has 0 bridgehead atoms. The first kappa shape index (κ1) is 21.5. The minimum absolute atomic E-state index is 0.0652. The molecule has 5 heteroatoms. The highest BCUT2D eigenvalue weighted by Crippen LogP contribution is 2.29. The summed E-state index contributed by atoms with van der Waals surface area (Å²) >= 11 is 0. The molecule has 2 aliphatic heterocycles. The summed E-state index contributed by atoms with van der Waals surface area (Å²) in [4.78, 5) is 17.9. The van der Waals surface area contributed by atoms with Crippen LogP contribution in [0.25, 0.3) is 11.1 Å². The number of morpholine rings is 1. The Bertz CT molecular complexity index is 949. The maximum absolute atomic E-state index is 13.4. The van der Waals surface area contributed by atoms with Gasteiger partial charge in [-0.3, -0.25) is 9.69 Å². The van der Waals surface area contributed by atoms with Crippen molar-refractivity contribution in [1.29, 1.82) is 5.26 Å². The Morgan fingerprint density at radius 1 is 1.00 bits per heavy atom. The van der Waals surface area contributed by atoms with E-state index in [0.717, 1.165) is 56.7 Å². The van der Waals surface area contributed by atoms with E-state index < -0.39 is 0 Å². The van der Waals surface area contributed by atoms with E-state index in [9.17, 15) is 10.1 Å². The van der Waals surface area contributed by atoms with Crippen LogP contribution in [0.4, 0.5) is 0 Å². The van der Waals surface area contributed by atoms with E-state index in [1.807, 2.05) is 47.4 Å². The number of rotatable bonds is 4. The van der Waals surface area contributed by atoms with Crippen LogP contribution in [0.5, 0.6) is 0 Å². The number of carbonyl (C=O) groups excluding carboxylic acids is 1. The van der Waals surface area contributed by atoms with Gasteiger partial charge in [-0.05, 0) is 50.3 Å². The molecule has 4 rings (SSSR count). The molecule has 2 aromatic carbocycles. The van der Waals surface area contributed by atoms with Gasteiger partial charge in [-0.2, -0.15) is 5.26 Å². The van der Waals surface area contributed by atoms with Gasteiger partial charge >= 0.3 is 0 Å². The molecular formula is C26H31N3O2. The number of carbonyl (C=O) groups is 1. The van der Waals surface area contributed by atoms with Gasteiger partial charge in [0.25, 0.3) is 5.91 Å². The fourth-order valence-electron chi connectivity index (χ4n) is 5.01. The molecule has 0 aromatic heterocycles. The largest absolute Gasteiger partial charge is 0.373 e. The topological polar surface area (TPSA) is 56.6 Å². The number of likely N-dealkylation sites (tertiary alicyclic amines) is 1. The fraction of sp³-hybridized carbons (Fsp3) is 0.462. The summed E-state index contributed by atoms with van der Waals surface area (Å²) in [5, 5.41) is 9.50. The van der Waals surface area contributed by atoms with E-state index in [-0.39, 0.29) is 5.91 Å². The quantitative estimate of drug-likeness (QED) is 0.749. The van der Waals surface area contributed by atoms with Crippen molar-refractivity contribution in [2.75, 3.05) is 32.7 Å². The van der Waals surface area contributed by atoms with Crippen molar-refractivity contribution in [2.24, 2.45) is 5.92 Å². The Hall–Kier alpha value is -2.68. The predicted octanol–water partition coefficient (Wildman–Crippen LogP) is 4.19. The Balaban J connectivity index is 1.42. The van der Waals surface area contributed by atoms with Gasteiger partial charge in [-0.1, -0.05) is 36.4 Å². The van der Waals surface area contributed by atoms with Crippen molar-refractivity contribution in [3.8, 4) is 17.2 Å². The molecular weight excluding hydrogens is 386 g/mol. The SMILES string of the molecule is CC1CN(CC2CCN(C(=O)c3ccccc3-c3ccccc3C#N)CC2)CC(C)O1. The summed E-state index contributed by atoms with van der Waals surface area (Å²) in [5.41, 5.74) is 2.93. The Morgan fingerprint density at radius 2 is 1.61 bits per heavy atom. The molecule has 2 saturated heterocycles. The van der Waals surface area contributed by atoms with E-state index in [1.54, 1.807) is 6.07 Å². The zero-order valence-electron chi connectivity index (χ0n) is 18.5. The molecule has 2 heterocycles. The van der Waals surface area contributed by atoms with Gasteiger partial charge in [0.05, 0.1) is 23.8 Å². The third-order valence-corrected chi connectivity index (χ3v) is 6.41.